The number of benzene rings is 2. The van der Waals surface area contributed by atoms with Crippen molar-refractivity contribution >= 4 is 29.1 Å². The van der Waals surface area contributed by atoms with E-state index in [2.05, 4.69) is 5.32 Å². The molecule has 1 N–H and O–H groups in total. The molecule has 0 spiro atoms. The standard InChI is InChI=1S/C19H19ClN2O2/c1-13-16(20)8-5-9-17(13)21-18(23)12-22-11-15(10-19(22)24)14-6-3-2-4-7-14/h2-9,15H,10-12H2,1H3,(H,21,23)/t15-/m0/s1. The average Bonchev–Trinajstić information content (AvgIpc) is 2.93. The smallest absolute Gasteiger partial charge is 0.244 e. The Morgan fingerprint density at radius 3 is 2.71 bits per heavy atom. The highest BCUT2D eigenvalue weighted by Gasteiger charge is 2.31. The number of likely N-dealkylation sites (tertiary alicyclic amines) is 1. The second kappa shape index (κ2) is 7.05. The first kappa shape index (κ1) is 16.5. The molecule has 1 heterocycles. The van der Waals surface area contributed by atoms with Crippen LogP contribution in [0.1, 0.15) is 23.5 Å². The van der Waals surface area contributed by atoms with Crippen molar-refractivity contribution in [3.05, 3.63) is 64.7 Å². The van der Waals surface area contributed by atoms with Crippen molar-refractivity contribution in [1.29, 1.82) is 0 Å². The minimum Gasteiger partial charge on any atom is -0.333 e. The van der Waals surface area contributed by atoms with E-state index in [4.69, 9.17) is 11.6 Å². The van der Waals surface area contributed by atoms with Crippen molar-refractivity contribution in [2.45, 2.75) is 19.3 Å². The van der Waals surface area contributed by atoms with Crippen LogP contribution in [0.4, 0.5) is 5.69 Å². The Labute approximate surface area is 146 Å². The van der Waals surface area contributed by atoms with E-state index in [9.17, 15) is 9.59 Å². The summed E-state index contributed by atoms with van der Waals surface area (Å²) in [6.45, 7) is 2.49. The summed E-state index contributed by atoms with van der Waals surface area (Å²) in [6.07, 6.45) is 0.452. The molecule has 0 aromatic heterocycles. The lowest BCUT2D eigenvalue weighted by Crippen LogP contribution is -2.34. The van der Waals surface area contributed by atoms with Crippen LogP contribution in [0, 0.1) is 6.92 Å². The zero-order chi connectivity index (χ0) is 17.1. The van der Waals surface area contributed by atoms with Gasteiger partial charge in [-0.25, -0.2) is 0 Å². The van der Waals surface area contributed by atoms with E-state index in [1.165, 1.54) is 0 Å². The fraction of sp³-hybridized carbons (Fsp3) is 0.263. The molecule has 0 bridgehead atoms. The van der Waals surface area contributed by atoms with E-state index in [1.54, 1.807) is 23.1 Å². The van der Waals surface area contributed by atoms with Gasteiger partial charge in [-0.15, -0.1) is 0 Å². The second-order valence-corrected chi connectivity index (χ2v) is 6.45. The quantitative estimate of drug-likeness (QED) is 0.922. The molecule has 24 heavy (non-hydrogen) atoms. The number of hydrogen-bond donors (Lipinski definition) is 1. The zero-order valence-corrected chi connectivity index (χ0v) is 14.2. The molecule has 4 nitrogen and oxygen atoms in total. The van der Waals surface area contributed by atoms with Crippen LogP contribution < -0.4 is 5.32 Å². The van der Waals surface area contributed by atoms with Crippen molar-refractivity contribution in [2.75, 3.05) is 18.4 Å². The van der Waals surface area contributed by atoms with Crippen molar-refractivity contribution < 1.29 is 9.59 Å². The third kappa shape index (κ3) is 3.60. The number of hydrogen-bond acceptors (Lipinski definition) is 2. The predicted octanol–water partition coefficient (Wildman–Crippen LogP) is 3.60. The highest BCUT2D eigenvalue weighted by Crippen LogP contribution is 2.28. The predicted molar refractivity (Wildman–Crippen MR) is 95.2 cm³/mol. The molecule has 0 saturated carbocycles. The van der Waals surface area contributed by atoms with E-state index in [1.807, 2.05) is 37.3 Å². The minimum absolute atomic E-state index is 0.0156. The fourth-order valence-electron chi connectivity index (χ4n) is 2.98. The van der Waals surface area contributed by atoms with Crippen LogP contribution in [0.5, 0.6) is 0 Å². The molecule has 0 radical (unpaired) electrons. The van der Waals surface area contributed by atoms with Gasteiger partial charge in [-0.2, -0.15) is 0 Å². The van der Waals surface area contributed by atoms with E-state index >= 15 is 0 Å². The molecule has 5 heteroatoms. The highest BCUT2D eigenvalue weighted by molar-refractivity contribution is 6.31. The summed E-state index contributed by atoms with van der Waals surface area (Å²) in [7, 11) is 0. The maximum absolute atomic E-state index is 12.3. The molecule has 1 aliphatic heterocycles. The third-order valence-electron chi connectivity index (χ3n) is 4.36. The number of carbonyl (C=O) groups excluding carboxylic acids is 2. The van der Waals surface area contributed by atoms with Crippen LogP contribution in [0.25, 0.3) is 0 Å². The van der Waals surface area contributed by atoms with Gasteiger partial charge in [0.2, 0.25) is 11.8 Å². The van der Waals surface area contributed by atoms with Crippen molar-refractivity contribution in [3.8, 4) is 0 Å². The lowest BCUT2D eigenvalue weighted by Gasteiger charge is -2.17. The summed E-state index contributed by atoms with van der Waals surface area (Å²) < 4.78 is 0. The van der Waals surface area contributed by atoms with E-state index in [0.717, 1.165) is 11.1 Å². The lowest BCUT2D eigenvalue weighted by atomic mass is 9.99. The highest BCUT2D eigenvalue weighted by atomic mass is 35.5. The first-order chi connectivity index (χ1) is 11.5. The molecule has 2 amide bonds. The SMILES string of the molecule is Cc1c(Cl)cccc1NC(=O)CN1C[C@@H](c2ccccc2)CC1=O. The van der Waals surface area contributed by atoms with Gasteiger partial charge in [0.1, 0.15) is 0 Å². The van der Waals surface area contributed by atoms with Gasteiger partial charge in [0.05, 0.1) is 6.54 Å². The van der Waals surface area contributed by atoms with E-state index < -0.39 is 0 Å². The Morgan fingerprint density at radius 1 is 1.21 bits per heavy atom. The number of nitrogens with one attached hydrogen (secondary N) is 1. The minimum atomic E-state index is -0.206. The number of carbonyl (C=O) groups is 2. The van der Waals surface area contributed by atoms with Crippen LogP contribution in [-0.4, -0.2) is 29.8 Å². The van der Waals surface area contributed by atoms with Crippen molar-refractivity contribution in [1.82, 2.24) is 4.90 Å². The number of halogens is 1. The molecule has 3 rings (SSSR count). The number of amides is 2. The van der Waals surface area contributed by atoms with Crippen molar-refractivity contribution in [2.24, 2.45) is 0 Å². The molecule has 1 fully saturated rings. The van der Waals surface area contributed by atoms with Gasteiger partial charge in [0, 0.05) is 29.6 Å². The second-order valence-electron chi connectivity index (χ2n) is 6.05. The molecule has 2 aromatic rings. The van der Waals surface area contributed by atoms with Crippen LogP contribution in [0.2, 0.25) is 5.02 Å². The van der Waals surface area contributed by atoms with Gasteiger partial charge < -0.3 is 10.2 Å². The summed E-state index contributed by atoms with van der Waals surface area (Å²) in [5, 5.41) is 3.44. The van der Waals surface area contributed by atoms with E-state index in [-0.39, 0.29) is 24.3 Å². The molecule has 0 aliphatic carbocycles. The van der Waals surface area contributed by atoms with Gasteiger partial charge in [-0.3, -0.25) is 9.59 Å². The van der Waals surface area contributed by atoms with Crippen LogP contribution in [0.3, 0.4) is 0 Å². The van der Waals surface area contributed by atoms with Gasteiger partial charge in [0.25, 0.3) is 0 Å². The average molecular weight is 343 g/mol. The van der Waals surface area contributed by atoms with Gasteiger partial charge in [-0.05, 0) is 30.2 Å². The summed E-state index contributed by atoms with van der Waals surface area (Å²) >= 11 is 6.06. The summed E-state index contributed by atoms with van der Waals surface area (Å²) in [4.78, 5) is 26.1. The van der Waals surface area contributed by atoms with Gasteiger partial charge in [-0.1, -0.05) is 48.0 Å². The molecule has 0 unspecified atom stereocenters. The largest absolute Gasteiger partial charge is 0.333 e. The molecule has 124 valence electrons. The Bertz CT molecular complexity index is 761. The van der Waals surface area contributed by atoms with Crippen LogP contribution in [0.15, 0.2) is 48.5 Å². The van der Waals surface area contributed by atoms with Crippen LogP contribution in [-0.2, 0) is 9.59 Å². The number of anilines is 1. The monoisotopic (exact) mass is 342 g/mol. The number of nitrogens with zero attached hydrogens (tertiary/aromatic N) is 1. The number of rotatable bonds is 4. The first-order valence-electron chi connectivity index (χ1n) is 7.92. The molecule has 1 saturated heterocycles. The Kier molecular flexibility index (Phi) is 4.86. The molecule has 1 aliphatic rings. The van der Waals surface area contributed by atoms with Crippen LogP contribution >= 0.6 is 11.6 Å². The molecular weight excluding hydrogens is 324 g/mol. The topological polar surface area (TPSA) is 49.4 Å². The molecular formula is C19H19ClN2O2. The Balaban J connectivity index is 1.62. The maximum Gasteiger partial charge on any atom is 0.244 e. The summed E-state index contributed by atoms with van der Waals surface area (Å²) in [5.74, 6) is -0.0383. The zero-order valence-electron chi connectivity index (χ0n) is 13.5. The first-order valence-corrected chi connectivity index (χ1v) is 8.30. The maximum atomic E-state index is 12.3. The fourth-order valence-corrected chi connectivity index (χ4v) is 3.15. The summed E-state index contributed by atoms with van der Waals surface area (Å²) in [6, 6.07) is 15.3. The van der Waals surface area contributed by atoms with Crippen molar-refractivity contribution in [3.63, 3.8) is 0 Å². The molecule has 1 atom stereocenters. The van der Waals surface area contributed by atoms with E-state index in [0.29, 0.717) is 23.7 Å². The molecule has 2 aromatic carbocycles. The Morgan fingerprint density at radius 2 is 1.96 bits per heavy atom. The normalized spacial score (nSPS) is 17.2. The summed E-state index contributed by atoms with van der Waals surface area (Å²) in [5.41, 5.74) is 2.64. The van der Waals surface area contributed by atoms with Gasteiger partial charge >= 0.3 is 0 Å². The Hall–Kier alpha value is -2.33. The lowest BCUT2D eigenvalue weighted by molar-refractivity contribution is -0.131. The van der Waals surface area contributed by atoms with Gasteiger partial charge in [0.15, 0.2) is 0 Å². The third-order valence-corrected chi connectivity index (χ3v) is 4.77.